The molecule has 1 aromatic carbocycles. The maximum Gasteiger partial charge on any atom is 0.123 e. The van der Waals surface area contributed by atoms with Gasteiger partial charge in [-0.25, -0.2) is 0 Å². The van der Waals surface area contributed by atoms with Crippen LogP contribution in [0.5, 0.6) is 5.75 Å². The van der Waals surface area contributed by atoms with E-state index >= 15 is 0 Å². The average molecular weight is 278 g/mol. The zero-order valence-electron chi connectivity index (χ0n) is 13.5. The van der Waals surface area contributed by atoms with E-state index in [-0.39, 0.29) is 0 Å². The molecule has 0 amide bonds. The van der Waals surface area contributed by atoms with Crippen molar-refractivity contribution in [3.8, 4) is 5.75 Å². The van der Waals surface area contributed by atoms with Crippen LogP contribution >= 0.6 is 0 Å². The number of benzene rings is 1. The monoisotopic (exact) mass is 278 g/mol. The lowest BCUT2D eigenvalue weighted by molar-refractivity contribution is 0.226. The van der Waals surface area contributed by atoms with Gasteiger partial charge in [0.05, 0.1) is 7.11 Å². The summed E-state index contributed by atoms with van der Waals surface area (Å²) in [7, 11) is 1.71. The lowest BCUT2D eigenvalue weighted by Gasteiger charge is -2.25. The van der Waals surface area contributed by atoms with Gasteiger partial charge in [0.1, 0.15) is 5.75 Å². The van der Waals surface area contributed by atoms with Crippen molar-refractivity contribution in [3.63, 3.8) is 0 Å². The predicted octanol–water partition coefficient (Wildman–Crippen LogP) is 3.41. The molecule has 0 heterocycles. The lowest BCUT2D eigenvalue weighted by Crippen LogP contribution is -2.28. The first-order chi connectivity index (χ1) is 9.68. The van der Waals surface area contributed by atoms with Crippen LogP contribution in [0.25, 0.3) is 0 Å². The Bertz CT molecular complexity index is 389. The van der Waals surface area contributed by atoms with Crippen molar-refractivity contribution < 1.29 is 4.74 Å². The maximum atomic E-state index is 5.72. The van der Waals surface area contributed by atoms with Crippen molar-refractivity contribution in [2.24, 2.45) is 11.7 Å². The van der Waals surface area contributed by atoms with Crippen LogP contribution < -0.4 is 10.5 Å². The normalized spacial score (nSPS) is 11.3. The Hall–Kier alpha value is -1.06. The summed E-state index contributed by atoms with van der Waals surface area (Å²) in [5, 5.41) is 0. The smallest absolute Gasteiger partial charge is 0.123 e. The third kappa shape index (κ3) is 4.80. The predicted molar refractivity (Wildman–Crippen MR) is 85.9 cm³/mol. The molecule has 3 nitrogen and oxygen atoms in total. The second-order valence-corrected chi connectivity index (χ2v) is 5.36. The first-order valence-electron chi connectivity index (χ1n) is 7.76. The minimum Gasteiger partial charge on any atom is -0.496 e. The quantitative estimate of drug-likeness (QED) is 0.752. The fourth-order valence-corrected chi connectivity index (χ4v) is 2.53. The van der Waals surface area contributed by atoms with Gasteiger partial charge in [0.25, 0.3) is 0 Å². The fourth-order valence-electron chi connectivity index (χ4n) is 2.53. The molecule has 2 N–H and O–H groups in total. The van der Waals surface area contributed by atoms with Gasteiger partial charge in [0, 0.05) is 25.2 Å². The van der Waals surface area contributed by atoms with E-state index in [2.05, 4.69) is 43.9 Å². The highest BCUT2D eigenvalue weighted by atomic mass is 16.5. The summed E-state index contributed by atoms with van der Waals surface area (Å²) in [5.41, 5.74) is 8.08. The van der Waals surface area contributed by atoms with Crippen molar-refractivity contribution >= 4 is 0 Å². The van der Waals surface area contributed by atoms with Crippen molar-refractivity contribution in [2.75, 3.05) is 20.2 Å². The summed E-state index contributed by atoms with van der Waals surface area (Å²) < 4.78 is 5.42. The van der Waals surface area contributed by atoms with Gasteiger partial charge in [-0.15, -0.1) is 0 Å². The molecule has 0 bridgehead atoms. The summed E-state index contributed by atoms with van der Waals surface area (Å²) in [4.78, 5) is 2.51. The van der Waals surface area contributed by atoms with Gasteiger partial charge in [0.2, 0.25) is 0 Å². The van der Waals surface area contributed by atoms with E-state index in [4.69, 9.17) is 10.5 Å². The van der Waals surface area contributed by atoms with E-state index in [0.717, 1.165) is 30.3 Å². The third-order valence-electron chi connectivity index (χ3n) is 4.10. The molecule has 0 spiro atoms. The first-order valence-corrected chi connectivity index (χ1v) is 7.76. The molecule has 0 aliphatic rings. The SMILES string of the molecule is CCC(CC)CN(CC)Cc1ccc(CN)c(OC)c1. The van der Waals surface area contributed by atoms with E-state index in [1.807, 2.05) is 0 Å². The molecule has 0 aliphatic heterocycles. The molecule has 0 saturated heterocycles. The standard InChI is InChI=1S/C17H30N2O/c1-5-14(6-2)12-19(7-3)13-15-8-9-16(11-18)17(10-15)20-4/h8-10,14H,5-7,11-13,18H2,1-4H3. The summed E-state index contributed by atoms with van der Waals surface area (Å²) in [6.07, 6.45) is 2.50. The Morgan fingerprint density at radius 3 is 2.40 bits per heavy atom. The molecule has 0 radical (unpaired) electrons. The second-order valence-electron chi connectivity index (χ2n) is 5.36. The number of hydrogen-bond donors (Lipinski definition) is 1. The molecule has 20 heavy (non-hydrogen) atoms. The maximum absolute atomic E-state index is 5.72. The van der Waals surface area contributed by atoms with Crippen LogP contribution in [0.1, 0.15) is 44.7 Å². The number of nitrogens with zero attached hydrogens (tertiary/aromatic N) is 1. The molecule has 0 saturated carbocycles. The van der Waals surface area contributed by atoms with Crippen molar-refractivity contribution in [1.29, 1.82) is 0 Å². The third-order valence-corrected chi connectivity index (χ3v) is 4.10. The number of methoxy groups -OCH3 is 1. The van der Waals surface area contributed by atoms with Crippen molar-refractivity contribution in [2.45, 2.75) is 46.7 Å². The average Bonchev–Trinajstić information content (AvgIpc) is 2.50. The molecule has 1 rings (SSSR count). The fraction of sp³-hybridized carbons (Fsp3) is 0.647. The second kappa shape index (κ2) is 8.98. The first kappa shape index (κ1) is 17.0. The minimum absolute atomic E-state index is 0.523. The van der Waals surface area contributed by atoms with Gasteiger partial charge in [-0.3, -0.25) is 4.90 Å². The molecule has 0 aromatic heterocycles. The number of ether oxygens (including phenoxy) is 1. The molecule has 3 heteroatoms. The zero-order valence-corrected chi connectivity index (χ0v) is 13.5. The Labute approximate surface area is 124 Å². The van der Waals surface area contributed by atoms with E-state index in [9.17, 15) is 0 Å². The van der Waals surface area contributed by atoms with Gasteiger partial charge >= 0.3 is 0 Å². The van der Waals surface area contributed by atoms with Gasteiger partial charge < -0.3 is 10.5 Å². The van der Waals surface area contributed by atoms with Crippen LogP contribution in [0.15, 0.2) is 18.2 Å². The van der Waals surface area contributed by atoms with Gasteiger partial charge in [-0.2, -0.15) is 0 Å². The number of nitrogens with two attached hydrogens (primary N) is 1. The van der Waals surface area contributed by atoms with Crippen molar-refractivity contribution in [3.05, 3.63) is 29.3 Å². The topological polar surface area (TPSA) is 38.5 Å². The highest BCUT2D eigenvalue weighted by Gasteiger charge is 2.11. The zero-order chi connectivity index (χ0) is 15.0. The van der Waals surface area contributed by atoms with Crippen LogP contribution in [0.2, 0.25) is 0 Å². The largest absolute Gasteiger partial charge is 0.496 e. The summed E-state index contributed by atoms with van der Waals surface area (Å²) in [6, 6.07) is 6.37. The van der Waals surface area contributed by atoms with Crippen molar-refractivity contribution in [1.82, 2.24) is 4.90 Å². The van der Waals surface area contributed by atoms with Crippen LogP contribution in [0.3, 0.4) is 0 Å². The van der Waals surface area contributed by atoms with Crippen LogP contribution in [0, 0.1) is 5.92 Å². The highest BCUT2D eigenvalue weighted by molar-refractivity contribution is 5.37. The minimum atomic E-state index is 0.523. The summed E-state index contributed by atoms with van der Waals surface area (Å²) in [6.45, 7) is 10.5. The number of hydrogen-bond acceptors (Lipinski definition) is 3. The van der Waals surface area contributed by atoms with Gasteiger partial charge in [-0.05, 0) is 24.1 Å². The molecule has 1 aromatic rings. The van der Waals surface area contributed by atoms with Gasteiger partial charge in [-0.1, -0.05) is 45.7 Å². The van der Waals surface area contributed by atoms with E-state index in [0.29, 0.717) is 6.54 Å². The Morgan fingerprint density at radius 1 is 1.20 bits per heavy atom. The van der Waals surface area contributed by atoms with Crippen LogP contribution in [-0.2, 0) is 13.1 Å². The van der Waals surface area contributed by atoms with E-state index in [1.54, 1.807) is 7.11 Å². The molecular formula is C17H30N2O. The van der Waals surface area contributed by atoms with Crippen LogP contribution in [-0.4, -0.2) is 25.1 Å². The van der Waals surface area contributed by atoms with E-state index in [1.165, 1.54) is 24.9 Å². The van der Waals surface area contributed by atoms with Crippen LogP contribution in [0.4, 0.5) is 0 Å². The highest BCUT2D eigenvalue weighted by Crippen LogP contribution is 2.21. The molecule has 0 aliphatic carbocycles. The molecule has 0 unspecified atom stereocenters. The summed E-state index contributed by atoms with van der Waals surface area (Å²) >= 11 is 0. The lowest BCUT2D eigenvalue weighted by atomic mass is 10.0. The Balaban J connectivity index is 2.74. The molecular weight excluding hydrogens is 248 g/mol. The Morgan fingerprint density at radius 2 is 1.90 bits per heavy atom. The summed E-state index contributed by atoms with van der Waals surface area (Å²) in [5.74, 6) is 1.70. The molecule has 0 fully saturated rings. The Kier molecular flexibility index (Phi) is 7.63. The van der Waals surface area contributed by atoms with E-state index < -0.39 is 0 Å². The number of rotatable bonds is 9. The molecule has 114 valence electrons. The molecule has 0 atom stereocenters. The van der Waals surface area contributed by atoms with Gasteiger partial charge in [0.15, 0.2) is 0 Å².